The van der Waals surface area contributed by atoms with E-state index in [1.165, 1.54) is 0 Å². The Bertz CT molecular complexity index is 931. The van der Waals surface area contributed by atoms with Crippen molar-refractivity contribution in [2.24, 2.45) is 0 Å². The summed E-state index contributed by atoms with van der Waals surface area (Å²) in [4.78, 5) is 12.0. The Morgan fingerprint density at radius 1 is 1.07 bits per heavy atom. The number of nitrogens with two attached hydrogens (primary N) is 1. The number of rotatable bonds is 6. The van der Waals surface area contributed by atoms with E-state index in [0.29, 0.717) is 31.3 Å². The van der Waals surface area contributed by atoms with Gasteiger partial charge in [0.15, 0.2) is 12.1 Å². The fourth-order valence-corrected chi connectivity index (χ4v) is 3.38. The first kappa shape index (κ1) is 18.7. The van der Waals surface area contributed by atoms with E-state index in [9.17, 15) is 0 Å². The predicted molar refractivity (Wildman–Crippen MR) is 108 cm³/mol. The lowest BCUT2D eigenvalue weighted by atomic mass is 10.2. The summed E-state index contributed by atoms with van der Waals surface area (Å²) >= 11 is 0. The van der Waals surface area contributed by atoms with Crippen molar-refractivity contribution in [2.45, 2.75) is 12.8 Å². The number of hydrogen-bond donors (Lipinski definition) is 1. The van der Waals surface area contributed by atoms with Crippen molar-refractivity contribution in [1.82, 2.24) is 14.5 Å². The molecule has 148 valence electrons. The van der Waals surface area contributed by atoms with Gasteiger partial charge in [-0.15, -0.1) is 0 Å². The third kappa shape index (κ3) is 3.66. The van der Waals surface area contributed by atoms with Crippen LogP contribution in [0.15, 0.2) is 36.5 Å². The molecule has 28 heavy (non-hydrogen) atoms. The fourth-order valence-electron chi connectivity index (χ4n) is 3.38. The first-order chi connectivity index (χ1) is 13.7. The van der Waals surface area contributed by atoms with Crippen molar-refractivity contribution in [1.29, 1.82) is 0 Å². The van der Waals surface area contributed by atoms with Crippen molar-refractivity contribution in [3.05, 3.63) is 36.5 Å². The first-order valence-corrected chi connectivity index (χ1v) is 9.30. The third-order valence-corrected chi connectivity index (χ3v) is 4.95. The molecule has 1 fully saturated rings. The van der Waals surface area contributed by atoms with Crippen molar-refractivity contribution in [3.63, 3.8) is 0 Å². The summed E-state index contributed by atoms with van der Waals surface area (Å²) in [5, 5.41) is 1.01. The molecule has 0 radical (unpaired) electrons. The highest BCUT2D eigenvalue weighted by atomic mass is 16.7. The van der Waals surface area contributed by atoms with E-state index >= 15 is 0 Å². The van der Waals surface area contributed by atoms with E-state index in [4.69, 9.17) is 29.9 Å². The van der Waals surface area contributed by atoms with Gasteiger partial charge < -0.3 is 29.4 Å². The van der Waals surface area contributed by atoms with Crippen LogP contribution in [0.5, 0.6) is 0 Å². The number of benzene rings is 1. The van der Waals surface area contributed by atoms with Crippen molar-refractivity contribution in [2.75, 3.05) is 51.2 Å². The van der Waals surface area contributed by atoms with Gasteiger partial charge in [0.1, 0.15) is 11.5 Å². The van der Waals surface area contributed by atoms with Crippen LogP contribution >= 0.6 is 0 Å². The Kier molecular flexibility index (Phi) is 5.43. The molecule has 0 unspecified atom stereocenters. The van der Waals surface area contributed by atoms with Crippen LogP contribution in [0.25, 0.3) is 22.4 Å². The van der Waals surface area contributed by atoms with Gasteiger partial charge in [0, 0.05) is 44.8 Å². The normalized spacial score (nSPS) is 14.9. The minimum atomic E-state index is -0.350. The number of ether oxygens (including phenoxy) is 3. The zero-order chi connectivity index (χ0) is 19.5. The average molecular weight is 383 g/mol. The van der Waals surface area contributed by atoms with Crippen LogP contribution in [0.3, 0.4) is 0 Å². The molecule has 2 N–H and O–H groups in total. The molecule has 1 aliphatic rings. The summed E-state index contributed by atoms with van der Waals surface area (Å²) in [6.45, 7) is 3.53. The molecule has 2 aromatic heterocycles. The molecule has 8 nitrogen and oxygen atoms in total. The Labute approximate surface area is 163 Å². The third-order valence-electron chi connectivity index (χ3n) is 4.95. The molecule has 8 heteroatoms. The molecule has 0 spiro atoms. The highest BCUT2D eigenvalue weighted by Gasteiger charge is 2.20. The minimum Gasteiger partial charge on any atom is -0.399 e. The second-order valence-corrected chi connectivity index (χ2v) is 6.70. The predicted octanol–water partition coefficient (Wildman–Crippen LogP) is 2.14. The molecule has 3 aromatic rings. The summed E-state index contributed by atoms with van der Waals surface area (Å²) in [7, 11) is 3.27. The molecule has 1 saturated heterocycles. The number of nitrogens with zero attached hydrogens (tertiary/aromatic N) is 4. The molecule has 0 saturated carbocycles. The van der Waals surface area contributed by atoms with Gasteiger partial charge in [0.05, 0.1) is 25.1 Å². The van der Waals surface area contributed by atoms with Gasteiger partial charge in [-0.2, -0.15) is 0 Å². The van der Waals surface area contributed by atoms with Crippen LogP contribution in [0.4, 0.5) is 11.5 Å². The van der Waals surface area contributed by atoms with E-state index in [1.807, 2.05) is 35.0 Å². The zero-order valence-electron chi connectivity index (χ0n) is 16.2. The molecule has 0 bridgehead atoms. The number of anilines is 2. The number of hydrogen-bond acceptors (Lipinski definition) is 7. The van der Waals surface area contributed by atoms with Crippen molar-refractivity contribution < 1.29 is 14.2 Å². The van der Waals surface area contributed by atoms with Crippen molar-refractivity contribution >= 4 is 22.5 Å². The topological polar surface area (TPSA) is 87.7 Å². The summed E-state index contributed by atoms with van der Waals surface area (Å²) in [6, 6.07) is 9.67. The van der Waals surface area contributed by atoms with Gasteiger partial charge >= 0.3 is 0 Å². The van der Waals surface area contributed by atoms with Crippen LogP contribution in [0, 0.1) is 0 Å². The first-order valence-electron chi connectivity index (χ1n) is 9.30. The number of fused-ring (bicyclic) bond motifs is 1. The minimum absolute atomic E-state index is 0.350. The van der Waals surface area contributed by atoms with Crippen molar-refractivity contribution in [3.8, 4) is 11.4 Å². The Hall–Kier alpha value is -2.68. The average Bonchev–Trinajstić information content (AvgIpc) is 3.15. The molecule has 0 aliphatic carbocycles. The van der Waals surface area contributed by atoms with Gasteiger partial charge in [0.2, 0.25) is 0 Å². The Morgan fingerprint density at radius 2 is 1.79 bits per heavy atom. The molecule has 3 heterocycles. The number of aromatic nitrogens is 3. The number of morpholine rings is 1. The molecule has 0 atom stereocenters. The summed E-state index contributed by atoms with van der Waals surface area (Å²) in [5.41, 5.74) is 8.33. The number of methoxy groups -OCH3 is 2. The van der Waals surface area contributed by atoms with Gasteiger partial charge in [-0.25, -0.2) is 9.97 Å². The smallest absolute Gasteiger partial charge is 0.174 e. The molecular weight excluding hydrogens is 358 g/mol. The quantitative estimate of drug-likeness (QED) is 0.515. The maximum atomic E-state index is 5.84. The lowest BCUT2D eigenvalue weighted by Gasteiger charge is -2.28. The molecule has 1 aromatic carbocycles. The van der Waals surface area contributed by atoms with Crippen LogP contribution in [0.2, 0.25) is 0 Å². The lowest BCUT2D eigenvalue weighted by Crippen LogP contribution is -2.37. The molecule has 1 aliphatic heterocycles. The monoisotopic (exact) mass is 383 g/mol. The standard InChI is InChI=1S/C20H25N5O3/c1-26-17(27-2)13-25-8-7-16-19(24-9-11-28-12-10-24)22-18(23-20(16)25)14-3-5-15(21)6-4-14/h3-8,17H,9-13,21H2,1-2H3. The van der Waals surface area contributed by atoms with E-state index in [2.05, 4.69) is 11.0 Å². The van der Waals surface area contributed by atoms with Gasteiger partial charge in [-0.1, -0.05) is 0 Å². The second kappa shape index (κ2) is 8.14. The Morgan fingerprint density at radius 3 is 2.46 bits per heavy atom. The summed E-state index contributed by atoms with van der Waals surface area (Å²) in [5.74, 6) is 1.59. The summed E-state index contributed by atoms with van der Waals surface area (Å²) < 4.78 is 18.3. The van der Waals surface area contributed by atoms with Crippen LogP contribution < -0.4 is 10.6 Å². The Balaban J connectivity index is 1.83. The SMILES string of the molecule is COC(Cn1ccc2c(N3CCOCC3)nc(-c3ccc(N)cc3)nc21)OC. The highest BCUT2D eigenvalue weighted by Crippen LogP contribution is 2.29. The van der Waals surface area contributed by atoms with Gasteiger partial charge in [-0.05, 0) is 30.3 Å². The maximum absolute atomic E-state index is 5.84. The second-order valence-electron chi connectivity index (χ2n) is 6.70. The lowest BCUT2D eigenvalue weighted by molar-refractivity contribution is -0.110. The van der Waals surface area contributed by atoms with Crippen LogP contribution in [0.1, 0.15) is 0 Å². The maximum Gasteiger partial charge on any atom is 0.174 e. The van der Waals surface area contributed by atoms with Gasteiger partial charge in [0.25, 0.3) is 0 Å². The fraction of sp³-hybridized carbons (Fsp3) is 0.400. The molecule has 0 amide bonds. The molecule has 4 rings (SSSR count). The number of nitrogen functional groups attached to an aromatic ring is 1. The zero-order valence-corrected chi connectivity index (χ0v) is 16.2. The molecular formula is C20H25N5O3. The summed E-state index contributed by atoms with van der Waals surface area (Å²) in [6.07, 6.45) is 1.65. The van der Waals surface area contributed by atoms with E-state index in [1.54, 1.807) is 14.2 Å². The van der Waals surface area contributed by atoms with Crippen LogP contribution in [-0.2, 0) is 20.8 Å². The van der Waals surface area contributed by atoms with Gasteiger partial charge in [-0.3, -0.25) is 0 Å². The van der Waals surface area contributed by atoms with E-state index in [-0.39, 0.29) is 6.29 Å². The van der Waals surface area contributed by atoms with Crippen LogP contribution in [-0.4, -0.2) is 61.3 Å². The largest absolute Gasteiger partial charge is 0.399 e. The van der Waals surface area contributed by atoms with E-state index in [0.717, 1.165) is 35.5 Å². The van der Waals surface area contributed by atoms with E-state index < -0.39 is 0 Å². The highest BCUT2D eigenvalue weighted by molar-refractivity contribution is 5.90.